The Hall–Kier alpha value is -1.69. The third-order valence-corrected chi connectivity index (χ3v) is 3.11. The van der Waals surface area contributed by atoms with Crippen molar-refractivity contribution in [3.05, 3.63) is 29.8 Å². The molecule has 0 heterocycles. The number of rotatable bonds is 10. The Morgan fingerprint density at radius 1 is 1.33 bits per heavy atom. The van der Waals surface area contributed by atoms with Gasteiger partial charge in [-0.15, -0.1) is 0 Å². The topological polar surface area (TPSA) is 64.3 Å². The second kappa shape index (κ2) is 9.28. The fraction of sp³-hybridized carbons (Fsp3) is 0.533. The summed E-state index contributed by atoms with van der Waals surface area (Å²) in [6.07, 6.45) is 2.90. The van der Waals surface area contributed by atoms with Crippen molar-refractivity contribution < 1.29 is 18.3 Å². The minimum atomic E-state index is -2.79. The first-order valence-electron chi connectivity index (χ1n) is 7.03. The maximum atomic E-state index is 12.0. The molecule has 1 atom stereocenters. The molecule has 0 aliphatic carbocycles. The molecule has 1 aromatic rings. The van der Waals surface area contributed by atoms with E-state index in [1.165, 1.54) is 0 Å². The van der Waals surface area contributed by atoms with Crippen LogP contribution in [0.3, 0.4) is 0 Å². The Bertz CT molecular complexity index is 424. The van der Waals surface area contributed by atoms with Gasteiger partial charge >= 0.3 is 6.61 Å². The molecule has 0 fully saturated rings. The van der Waals surface area contributed by atoms with Crippen molar-refractivity contribution in [3.63, 3.8) is 0 Å². The summed E-state index contributed by atoms with van der Waals surface area (Å²) >= 11 is 0. The van der Waals surface area contributed by atoms with Gasteiger partial charge < -0.3 is 15.8 Å². The molecule has 4 nitrogen and oxygen atoms in total. The first-order chi connectivity index (χ1) is 9.97. The number of alkyl halides is 2. The van der Waals surface area contributed by atoms with Gasteiger partial charge in [-0.1, -0.05) is 12.1 Å². The number of halogens is 2. The van der Waals surface area contributed by atoms with Gasteiger partial charge in [0.25, 0.3) is 0 Å². The summed E-state index contributed by atoms with van der Waals surface area (Å²) < 4.78 is 28.3. The van der Waals surface area contributed by atoms with Crippen LogP contribution >= 0.6 is 0 Å². The molecule has 0 spiro atoms. The Morgan fingerprint density at radius 3 is 2.57 bits per heavy atom. The van der Waals surface area contributed by atoms with Gasteiger partial charge in [-0.05, 0) is 50.4 Å². The van der Waals surface area contributed by atoms with Crippen LogP contribution in [0.5, 0.6) is 5.75 Å². The van der Waals surface area contributed by atoms with E-state index in [1.54, 1.807) is 24.3 Å². The number of benzene rings is 1. The third kappa shape index (κ3) is 8.24. The Labute approximate surface area is 123 Å². The number of carbonyl (C=O) groups is 1. The number of hydrogen-bond acceptors (Lipinski definition) is 3. The fourth-order valence-corrected chi connectivity index (χ4v) is 1.93. The minimum absolute atomic E-state index is 0.173. The molecular formula is C15H22F2N2O2. The molecule has 0 aliphatic rings. The van der Waals surface area contributed by atoms with Crippen molar-refractivity contribution in [1.82, 2.24) is 5.32 Å². The van der Waals surface area contributed by atoms with E-state index in [9.17, 15) is 13.6 Å². The lowest BCUT2D eigenvalue weighted by Crippen LogP contribution is -2.28. The first kappa shape index (κ1) is 17.4. The number of amides is 1. The van der Waals surface area contributed by atoms with Crippen molar-refractivity contribution in [2.75, 3.05) is 6.54 Å². The molecule has 0 radical (unpaired) electrons. The lowest BCUT2D eigenvalue weighted by Gasteiger charge is -2.13. The Balaban J connectivity index is 2.23. The van der Waals surface area contributed by atoms with Crippen LogP contribution in [0.25, 0.3) is 0 Å². The van der Waals surface area contributed by atoms with Crippen molar-refractivity contribution in [3.8, 4) is 5.75 Å². The molecule has 3 N–H and O–H groups in total. The van der Waals surface area contributed by atoms with E-state index in [0.717, 1.165) is 31.4 Å². The zero-order valence-corrected chi connectivity index (χ0v) is 12.1. The molecule has 0 aliphatic heterocycles. The van der Waals surface area contributed by atoms with E-state index in [1.807, 2.05) is 0 Å². The second-order valence-electron chi connectivity index (χ2n) is 4.99. The van der Waals surface area contributed by atoms with E-state index in [0.29, 0.717) is 12.5 Å². The molecule has 0 bridgehead atoms. The lowest BCUT2D eigenvalue weighted by molar-refractivity contribution is -0.118. The van der Waals surface area contributed by atoms with Crippen LogP contribution in [-0.2, 0) is 11.2 Å². The summed E-state index contributed by atoms with van der Waals surface area (Å²) in [4.78, 5) is 10.6. The highest BCUT2D eigenvalue weighted by molar-refractivity contribution is 5.73. The van der Waals surface area contributed by atoms with Crippen molar-refractivity contribution >= 4 is 5.91 Å². The highest BCUT2D eigenvalue weighted by Gasteiger charge is 2.05. The Kier molecular flexibility index (Phi) is 7.68. The third-order valence-electron chi connectivity index (χ3n) is 3.11. The molecule has 1 aromatic carbocycles. The van der Waals surface area contributed by atoms with Crippen LogP contribution in [0.2, 0.25) is 0 Å². The van der Waals surface area contributed by atoms with Gasteiger partial charge in [0.1, 0.15) is 5.75 Å². The molecular weight excluding hydrogens is 278 g/mol. The SMILES string of the molecule is CC(CCc1ccc(OC(F)F)cc1)NCCCC(N)=O. The monoisotopic (exact) mass is 300 g/mol. The second-order valence-corrected chi connectivity index (χ2v) is 4.99. The maximum Gasteiger partial charge on any atom is 0.387 e. The molecule has 0 saturated heterocycles. The average molecular weight is 300 g/mol. The number of ether oxygens (including phenoxy) is 1. The number of hydrogen-bond donors (Lipinski definition) is 2. The summed E-state index contributed by atoms with van der Waals surface area (Å²) in [5, 5.41) is 3.31. The maximum absolute atomic E-state index is 12.0. The lowest BCUT2D eigenvalue weighted by atomic mass is 10.1. The van der Waals surface area contributed by atoms with Crippen molar-refractivity contribution in [1.29, 1.82) is 0 Å². The summed E-state index contributed by atoms with van der Waals surface area (Å²) in [5.74, 6) is -0.109. The molecule has 1 unspecified atom stereocenters. The van der Waals surface area contributed by atoms with E-state index >= 15 is 0 Å². The molecule has 1 rings (SSSR count). The average Bonchev–Trinajstić information content (AvgIpc) is 2.42. The summed E-state index contributed by atoms with van der Waals surface area (Å²) in [5.41, 5.74) is 6.13. The minimum Gasteiger partial charge on any atom is -0.435 e. The normalized spacial score (nSPS) is 12.4. The summed E-state index contributed by atoms with van der Waals surface area (Å²) in [6, 6.07) is 6.99. The molecule has 118 valence electrons. The van der Waals surface area contributed by atoms with Crippen molar-refractivity contribution in [2.24, 2.45) is 5.73 Å². The van der Waals surface area contributed by atoms with Crippen LogP contribution in [0.15, 0.2) is 24.3 Å². The zero-order chi connectivity index (χ0) is 15.7. The van der Waals surface area contributed by atoms with E-state index in [4.69, 9.17) is 5.73 Å². The van der Waals surface area contributed by atoms with Crippen LogP contribution in [0, 0.1) is 0 Å². The summed E-state index contributed by atoms with van der Waals surface area (Å²) in [7, 11) is 0. The molecule has 0 saturated carbocycles. The van der Waals surface area contributed by atoms with Gasteiger partial charge in [0.15, 0.2) is 0 Å². The standard InChI is InChI=1S/C15H22F2N2O2/c1-11(19-10-2-3-14(18)20)4-5-12-6-8-13(9-7-12)21-15(16)17/h6-9,11,15,19H,2-5,10H2,1H3,(H2,18,20). The zero-order valence-electron chi connectivity index (χ0n) is 12.1. The number of aryl methyl sites for hydroxylation is 1. The highest BCUT2D eigenvalue weighted by Crippen LogP contribution is 2.16. The van der Waals surface area contributed by atoms with Gasteiger partial charge in [0.05, 0.1) is 0 Å². The summed E-state index contributed by atoms with van der Waals surface area (Å²) in [6.45, 7) is 0.0320. The largest absolute Gasteiger partial charge is 0.435 e. The molecule has 6 heteroatoms. The smallest absolute Gasteiger partial charge is 0.387 e. The Morgan fingerprint density at radius 2 is 2.00 bits per heavy atom. The van der Waals surface area contributed by atoms with E-state index in [-0.39, 0.29) is 11.7 Å². The number of nitrogens with one attached hydrogen (secondary N) is 1. The van der Waals surface area contributed by atoms with Crippen molar-refractivity contribution in [2.45, 2.75) is 45.3 Å². The fourth-order valence-electron chi connectivity index (χ4n) is 1.93. The van der Waals surface area contributed by atoms with Gasteiger partial charge in [-0.25, -0.2) is 0 Å². The van der Waals surface area contributed by atoms with Gasteiger partial charge in [-0.2, -0.15) is 8.78 Å². The number of nitrogens with two attached hydrogens (primary N) is 1. The van der Waals surface area contributed by atoms with E-state index < -0.39 is 6.61 Å². The molecule has 0 aromatic heterocycles. The predicted octanol–water partition coefficient (Wildman–Crippen LogP) is 2.46. The first-order valence-corrected chi connectivity index (χ1v) is 7.03. The van der Waals surface area contributed by atoms with E-state index in [2.05, 4.69) is 17.0 Å². The van der Waals surface area contributed by atoms with Crippen LogP contribution < -0.4 is 15.8 Å². The van der Waals surface area contributed by atoms with Crippen LogP contribution in [0.4, 0.5) is 8.78 Å². The van der Waals surface area contributed by atoms with Crippen LogP contribution in [0.1, 0.15) is 31.7 Å². The highest BCUT2D eigenvalue weighted by atomic mass is 19.3. The number of carbonyl (C=O) groups excluding carboxylic acids is 1. The predicted molar refractivity (Wildman–Crippen MR) is 77.3 cm³/mol. The molecule has 21 heavy (non-hydrogen) atoms. The van der Waals surface area contributed by atoms with Gasteiger partial charge in [-0.3, -0.25) is 4.79 Å². The number of primary amides is 1. The van der Waals surface area contributed by atoms with Crippen LogP contribution in [-0.4, -0.2) is 25.1 Å². The van der Waals surface area contributed by atoms with Gasteiger partial charge in [0.2, 0.25) is 5.91 Å². The van der Waals surface area contributed by atoms with Gasteiger partial charge in [0, 0.05) is 12.5 Å². The quantitative estimate of drug-likeness (QED) is 0.652. The molecule has 1 amide bonds.